The van der Waals surface area contributed by atoms with Crippen molar-refractivity contribution >= 4 is 52.2 Å². The van der Waals surface area contributed by atoms with E-state index in [1.165, 1.54) is 18.4 Å². The quantitative estimate of drug-likeness (QED) is 0.715. The Hall–Kier alpha value is -2.72. The van der Waals surface area contributed by atoms with Crippen LogP contribution in [0.1, 0.15) is 11.3 Å². The van der Waals surface area contributed by atoms with E-state index in [9.17, 15) is 27.6 Å². The van der Waals surface area contributed by atoms with Gasteiger partial charge in [-0.15, -0.1) is 0 Å². The van der Waals surface area contributed by atoms with Gasteiger partial charge < -0.3 is 9.73 Å². The third-order valence-corrected chi connectivity index (χ3v) is 4.70. The number of halogens is 4. The zero-order chi connectivity index (χ0) is 20.5. The number of rotatable bonds is 4. The number of hydrogen-bond acceptors (Lipinski definition) is 5. The third-order valence-electron chi connectivity index (χ3n) is 3.55. The maximum Gasteiger partial charge on any atom is 0.418 e. The lowest BCUT2D eigenvalue weighted by molar-refractivity contribution is -0.137. The highest BCUT2D eigenvalue weighted by Crippen LogP contribution is 2.37. The van der Waals surface area contributed by atoms with E-state index in [0.717, 1.165) is 6.07 Å². The fourth-order valence-corrected chi connectivity index (χ4v) is 3.32. The summed E-state index contributed by atoms with van der Waals surface area (Å²) in [6.45, 7) is -0.736. The Bertz CT molecular complexity index is 973. The molecular formula is C17H10ClF3N2O4S. The average molecular weight is 431 g/mol. The fraction of sp³-hybridized carbons (Fsp3) is 0.118. The number of carbonyl (C=O) groups is 3. The summed E-state index contributed by atoms with van der Waals surface area (Å²) in [5.74, 6) is -1.37. The van der Waals surface area contributed by atoms with Crippen LogP contribution in [0.5, 0.6) is 0 Å². The summed E-state index contributed by atoms with van der Waals surface area (Å²) in [7, 11) is 0. The minimum atomic E-state index is -4.75. The van der Waals surface area contributed by atoms with Crippen molar-refractivity contribution < 1.29 is 32.0 Å². The van der Waals surface area contributed by atoms with Gasteiger partial charge in [0.15, 0.2) is 0 Å². The number of furan rings is 1. The molecule has 0 unspecified atom stereocenters. The molecule has 3 rings (SSSR count). The van der Waals surface area contributed by atoms with Crippen LogP contribution in [0.4, 0.5) is 23.7 Å². The molecule has 1 aromatic carbocycles. The number of anilines is 1. The topological polar surface area (TPSA) is 79.6 Å². The van der Waals surface area contributed by atoms with Crippen LogP contribution in [0.2, 0.25) is 5.02 Å². The van der Waals surface area contributed by atoms with Crippen LogP contribution in [0.3, 0.4) is 0 Å². The summed E-state index contributed by atoms with van der Waals surface area (Å²) in [5, 5.41) is 1.19. The lowest BCUT2D eigenvalue weighted by atomic mass is 10.1. The number of nitrogens with one attached hydrogen (secondary N) is 1. The highest BCUT2D eigenvalue weighted by Gasteiger charge is 2.38. The van der Waals surface area contributed by atoms with E-state index in [2.05, 4.69) is 5.32 Å². The molecule has 1 N–H and O–H groups in total. The zero-order valence-electron chi connectivity index (χ0n) is 13.7. The van der Waals surface area contributed by atoms with Gasteiger partial charge in [-0.2, -0.15) is 13.2 Å². The van der Waals surface area contributed by atoms with Gasteiger partial charge in [0.25, 0.3) is 11.1 Å². The fourth-order valence-electron chi connectivity index (χ4n) is 2.33. The molecule has 0 atom stereocenters. The van der Waals surface area contributed by atoms with Crippen molar-refractivity contribution in [1.29, 1.82) is 0 Å². The molecule has 1 fully saturated rings. The van der Waals surface area contributed by atoms with Crippen LogP contribution in [-0.2, 0) is 15.8 Å². The second-order valence-corrected chi connectivity index (χ2v) is 6.95. The normalized spacial score (nSPS) is 16.1. The van der Waals surface area contributed by atoms with Gasteiger partial charge in [-0.25, -0.2) is 0 Å². The number of thioether (sulfide) groups is 1. The van der Waals surface area contributed by atoms with Crippen LogP contribution in [0, 0.1) is 0 Å². The van der Waals surface area contributed by atoms with E-state index in [0.29, 0.717) is 28.5 Å². The summed E-state index contributed by atoms with van der Waals surface area (Å²) in [6, 6.07) is 6.00. The summed E-state index contributed by atoms with van der Waals surface area (Å²) < 4.78 is 44.3. The molecule has 2 heterocycles. The lowest BCUT2D eigenvalue weighted by Gasteiger charge is -2.16. The van der Waals surface area contributed by atoms with Crippen LogP contribution in [-0.4, -0.2) is 28.5 Å². The Morgan fingerprint density at radius 2 is 2.04 bits per heavy atom. The van der Waals surface area contributed by atoms with E-state index >= 15 is 0 Å². The standard InChI is InChI=1S/C17H10ClF3N2O4S/c18-9-3-4-12(11(6-9)17(19,20)21)22-14(24)8-23-15(25)13(28-16(23)26)7-10-2-1-5-27-10/h1-7H,8H2,(H,22,24)/b13-7+. The molecule has 146 valence electrons. The Morgan fingerprint density at radius 3 is 2.68 bits per heavy atom. The molecule has 1 aromatic heterocycles. The maximum absolute atomic E-state index is 13.1. The molecule has 1 aliphatic rings. The smallest absolute Gasteiger partial charge is 0.418 e. The Balaban J connectivity index is 1.74. The Morgan fingerprint density at radius 1 is 1.29 bits per heavy atom. The second kappa shape index (κ2) is 7.72. The molecule has 1 aliphatic heterocycles. The molecule has 6 nitrogen and oxygen atoms in total. The van der Waals surface area contributed by atoms with Crippen molar-refractivity contribution in [3.63, 3.8) is 0 Å². The minimum Gasteiger partial charge on any atom is -0.465 e. The lowest BCUT2D eigenvalue weighted by Crippen LogP contribution is -2.36. The number of carbonyl (C=O) groups excluding carboxylic acids is 3. The molecule has 11 heteroatoms. The van der Waals surface area contributed by atoms with Crippen LogP contribution in [0.25, 0.3) is 6.08 Å². The number of benzene rings is 1. The number of nitrogens with zero attached hydrogens (tertiary/aromatic N) is 1. The Kier molecular flexibility index (Phi) is 5.52. The first-order chi connectivity index (χ1) is 13.1. The van der Waals surface area contributed by atoms with Gasteiger partial charge >= 0.3 is 6.18 Å². The SMILES string of the molecule is O=C(CN1C(=O)S/C(=C/c2ccco2)C1=O)Nc1ccc(Cl)cc1C(F)(F)F. The monoisotopic (exact) mass is 430 g/mol. The highest BCUT2D eigenvalue weighted by atomic mass is 35.5. The highest BCUT2D eigenvalue weighted by molar-refractivity contribution is 8.18. The van der Waals surface area contributed by atoms with Gasteiger partial charge in [0.1, 0.15) is 12.3 Å². The second-order valence-electron chi connectivity index (χ2n) is 5.52. The first-order valence-electron chi connectivity index (χ1n) is 7.60. The summed E-state index contributed by atoms with van der Waals surface area (Å²) in [5.41, 5.74) is -1.67. The van der Waals surface area contributed by atoms with E-state index in [4.69, 9.17) is 16.0 Å². The summed E-state index contributed by atoms with van der Waals surface area (Å²) in [6.07, 6.45) is -2.03. The first kappa shape index (κ1) is 20.0. The Labute approximate surface area is 165 Å². The van der Waals surface area contributed by atoms with Gasteiger partial charge in [0.2, 0.25) is 5.91 Å². The summed E-state index contributed by atoms with van der Waals surface area (Å²) in [4.78, 5) is 37.1. The molecule has 0 saturated carbocycles. The van der Waals surface area contributed by atoms with Gasteiger partial charge in [-0.05, 0) is 42.1 Å². The van der Waals surface area contributed by atoms with Gasteiger partial charge in [0, 0.05) is 11.1 Å². The number of imide groups is 1. The maximum atomic E-state index is 13.1. The number of alkyl halides is 3. The molecule has 3 amide bonds. The molecule has 2 aromatic rings. The van der Waals surface area contributed by atoms with Crippen molar-refractivity contribution in [1.82, 2.24) is 4.90 Å². The van der Waals surface area contributed by atoms with Gasteiger partial charge in [0.05, 0.1) is 22.4 Å². The third kappa shape index (κ3) is 4.39. The number of hydrogen-bond donors (Lipinski definition) is 1. The molecular weight excluding hydrogens is 421 g/mol. The minimum absolute atomic E-state index is 0.0372. The van der Waals surface area contributed by atoms with Crippen molar-refractivity contribution in [2.75, 3.05) is 11.9 Å². The molecule has 1 saturated heterocycles. The van der Waals surface area contributed by atoms with E-state index in [-0.39, 0.29) is 9.93 Å². The van der Waals surface area contributed by atoms with Crippen molar-refractivity contribution in [3.8, 4) is 0 Å². The van der Waals surface area contributed by atoms with E-state index in [1.54, 1.807) is 12.1 Å². The van der Waals surface area contributed by atoms with Crippen LogP contribution >= 0.6 is 23.4 Å². The zero-order valence-corrected chi connectivity index (χ0v) is 15.3. The molecule has 28 heavy (non-hydrogen) atoms. The van der Waals surface area contributed by atoms with Crippen LogP contribution in [0.15, 0.2) is 45.9 Å². The predicted octanol–water partition coefficient (Wildman–Crippen LogP) is 4.63. The average Bonchev–Trinajstić information content (AvgIpc) is 3.20. The molecule has 0 spiro atoms. The van der Waals surface area contributed by atoms with E-state index in [1.807, 2.05) is 0 Å². The van der Waals surface area contributed by atoms with Crippen LogP contribution < -0.4 is 5.32 Å². The molecule has 0 aliphatic carbocycles. The first-order valence-corrected chi connectivity index (χ1v) is 8.80. The predicted molar refractivity (Wildman–Crippen MR) is 96.5 cm³/mol. The molecule has 0 radical (unpaired) electrons. The number of amides is 3. The molecule has 0 bridgehead atoms. The largest absolute Gasteiger partial charge is 0.465 e. The van der Waals surface area contributed by atoms with E-state index < -0.39 is 41.0 Å². The van der Waals surface area contributed by atoms with Gasteiger partial charge in [-0.3, -0.25) is 19.3 Å². The van der Waals surface area contributed by atoms with Gasteiger partial charge in [-0.1, -0.05) is 11.6 Å². The summed E-state index contributed by atoms with van der Waals surface area (Å²) >= 11 is 6.18. The van der Waals surface area contributed by atoms with Crippen molar-refractivity contribution in [3.05, 3.63) is 57.8 Å². The van der Waals surface area contributed by atoms with Crippen molar-refractivity contribution in [2.45, 2.75) is 6.18 Å². The van der Waals surface area contributed by atoms with Crippen molar-refractivity contribution in [2.24, 2.45) is 0 Å².